The molecule has 2 aromatic rings. The zero-order chi connectivity index (χ0) is 14.5. The lowest BCUT2D eigenvalue weighted by Gasteiger charge is -2.12. The van der Waals surface area contributed by atoms with Gasteiger partial charge in [-0.1, -0.05) is 15.9 Å². The molecule has 0 aliphatic heterocycles. The molecule has 0 bridgehead atoms. The minimum atomic E-state index is 0.654. The van der Waals surface area contributed by atoms with Gasteiger partial charge in [-0.25, -0.2) is 0 Å². The van der Waals surface area contributed by atoms with Crippen LogP contribution in [0.3, 0.4) is 0 Å². The summed E-state index contributed by atoms with van der Waals surface area (Å²) in [6, 6.07) is 7.57. The van der Waals surface area contributed by atoms with Crippen LogP contribution in [0.1, 0.15) is 5.69 Å². The number of nitrogens with two attached hydrogens (primary N) is 1. The summed E-state index contributed by atoms with van der Waals surface area (Å²) in [5.41, 5.74) is 7.54. The van der Waals surface area contributed by atoms with Crippen LogP contribution in [0.15, 0.2) is 39.8 Å². The maximum absolute atomic E-state index is 5.96. The van der Waals surface area contributed by atoms with Crippen LogP contribution in [0.2, 0.25) is 0 Å². The molecule has 1 aromatic heterocycles. The number of hydrogen-bond donors (Lipinski definition) is 1. The highest BCUT2D eigenvalue weighted by Crippen LogP contribution is 2.35. The smallest absolute Gasteiger partial charge is 0.183 e. The summed E-state index contributed by atoms with van der Waals surface area (Å²) < 4.78 is 11.6. The van der Waals surface area contributed by atoms with Crippen molar-refractivity contribution in [1.82, 2.24) is 4.98 Å². The van der Waals surface area contributed by atoms with Gasteiger partial charge in [-0.05, 0) is 18.2 Å². The van der Waals surface area contributed by atoms with Gasteiger partial charge in [0.1, 0.15) is 0 Å². The monoisotopic (exact) mass is 354 g/mol. The van der Waals surface area contributed by atoms with Crippen LogP contribution in [0, 0.1) is 0 Å². The van der Waals surface area contributed by atoms with Gasteiger partial charge in [0.2, 0.25) is 0 Å². The average molecular weight is 355 g/mol. The first-order valence-electron chi connectivity index (χ1n) is 5.89. The number of methoxy groups -OCH3 is 2. The largest absolute Gasteiger partial charge is 0.493 e. The van der Waals surface area contributed by atoms with Crippen LogP contribution in [0.4, 0.5) is 5.69 Å². The van der Waals surface area contributed by atoms with Crippen LogP contribution in [-0.4, -0.2) is 19.2 Å². The van der Waals surface area contributed by atoms with Crippen molar-refractivity contribution in [1.29, 1.82) is 0 Å². The fourth-order valence-corrected chi connectivity index (χ4v) is 3.19. The van der Waals surface area contributed by atoms with Crippen LogP contribution in [0.5, 0.6) is 11.5 Å². The van der Waals surface area contributed by atoms with Gasteiger partial charge in [-0.3, -0.25) is 4.98 Å². The third-order valence-electron chi connectivity index (χ3n) is 2.71. The first-order valence-corrected chi connectivity index (χ1v) is 7.67. The number of rotatable bonds is 5. The number of thioether (sulfide) groups is 1. The Labute approximate surface area is 130 Å². The quantitative estimate of drug-likeness (QED) is 0.654. The number of anilines is 1. The first kappa shape index (κ1) is 15.0. The average Bonchev–Trinajstić information content (AvgIpc) is 2.47. The van der Waals surface area contributed by atoms with Gasteiger partial charge in [0.15, 0.2) is 11.5 Å². The molecular formula is C14H15BrN2O2S. The minimum Gasteiger partial charge on any atom is -0.493 e. The summed E-state index contributed by atoms with van der Waals surface area (Å²) in [4.78, 5) is 5.35. The maximum atomic E-state index is 5.96. The van der Waals surface area contributed by atoms with Crippen molar-refractivity contribution in [3.8, 4) is 11.5 Å². The maximum Gasteiger partial charge on any atom is 0.183 e. The fourth-order valence-electron chi connectivity index (χ4n) is 1.73. The summed E-state index contributed by atoms with van der Waals surface area (Å²) in [7, 11) is 3.22. The number of nitrogen functional groups attached to an aromatic ring is 1. The number of ether oxygens (including phenoxy) is 2. The van der Waals surface area contributed by atoms with Gasteiger partial charge < -0.3 is 15.2 Å². The van der Waals surface area contributed by atoms with Crippen molar-refractivity contribution in [2.75, 3.05) is 20.0 Å². The van der Waals surface area contributed by atoms with Crippen molar-refractivity contribution in [3.05, 3.63) is 40.6 Å². The van der Waals surface area contributed by atoms with Gasteiger partial charge in [0, 0.05) is 33.1 Å². The summed E-state index contributed by atoms with van der Waals surface area (Å²) in [5, 5.41) is 0. The van der Waals surface area contributed by atoms with Gasteiger partial charge in [-0.2, -0.15) is 0 Å². The van der Waals surface area contributed by atoms with Crippen molar-refractivity contribution in [2.24, 2.45) is 0 Å². The number of halogens is 1. The topological polar surface area (TPSA) is 57.4 Å². The standard InChI is InChI=1S/C14H15BrN2O2S/c1-18-12-5-6-17-11(14(12)19-2)8-20-13-7-9(15)3-4-10(13)16/h3-7H,8,16H2,1-2H3. The fraction of sp³-hybridized carbons (Fsp3) is 0.214. The second-order valence-corrected chi connectivity index (χ2v) is 5.90. The molecule has 0 fully saturated rings. The lowest BCUT2D eigenvalue weighted by atomic mass is 10.3. The second-order valence-electron chi connectivity index (χ2n) is 3.96. The highest BCUT2D eigenvalue weighted by Gasteiger charge is 2.12. The normalized spacial score (nSPS) is 10.3. The van der Waals surface area contributed by atoms with Crippen LogP contribution >= 0.6 is 27.7 Å². The van der Waals surface area contributed by atoms with E-state index in [1.54, 1.807) is 38.2 Å². The van der Waals surface area contributed by atoms with Gasteiger partial charge in [-0.15, -0.1) is 11.8 Å². The van der Waals surface area contributed by atoms with Crippen LogP contribution in [0.25, 0.3) is 0 Å². The molecule has 106 valence electrons. The predicted octanol–water partition coefficient (Wildman–Crippen LogP) is 3.74. The van der Waals surface area contributed by atoms with E-state index in [-0.39, 0.29) is 0 Å². The molecule has 6 heteroatoms. The van der Waals surface area contributed by atoms with E-state index in [0.717, 1.165) is 20.7 Å². The lowest BCUT2D eigenvalue weighted by Crippen LogP contribution is -1.98. The van der Waals surface area contributed by atoms with E-state index in [2.05, 4.69) is 20.9 Å². The Hall–Kier alpha value is -1.40. The highest BCUT2D eigenvalue weighted by molar-refractivity contribution is 9.10. The first-order chi connectivity index (χ1) is 9.65. The van der Waals surface area contributed by atoms with Crippen molar-refractivity contribution in [3.63, 3.8) is 0 Å². The Bertz CT molecular complexity index is 608. The highest BCUT2D eigenvalue weighted by atomic mass is 79.9. The molecule has 2 N–H and O–H groups in total. The molecule has 0 aliphatic carbocycles. The molecule has 4 nitrogen and oxygen atoms in total. The number of nitrogens with zero attached hydrogens (tertiary/aromatic N) is 1. The lowest BCUT2D eigenvalue weighted by molar-refractivity contribution is 0.350. The summed E-state index contributed by atoms with van der Waals surface area (Å²) in [6.07, 6.45) is 1.71. The van der Waals surface area contributed by atoms with Gasteiger partial charge >= 0.3 is 0 Å². The van der Waals surface area contributed by atoms with Crippen molar-refractivity contribution in [2.45, 2.75) is 10.6 Å². The van der Waals surface area contributed by atoms with Gasteiger partial charge in [0.05, 0.1) is 19.9 Å². The van der Waals surface area contributed by atoms with E-state index in [1.165, 1.54) is 0 Å². The molecule has 1 aromatic carbocycles. The zero-order valence-corrected chi connectivity index (χ0v) is 13.6. The van der Waals surface area contributed by atoms with E-state index < -0.39 is 0 Å². The molecule has 0 saturated heterocycles. The Balaban J connectivity index is 2.20. The number of hydrogen-bond acceptors (Lipinski definition) is 5. The molecule has 0 atom stereocenters. The zero-order valence-electron chi connectivity index (χ0n) is 11.2. The molecule has 1 heterocycles. The summed E-state index contributed by atoms with van der Waals surface area (Å²) in [6.45, 7) is 0. The molecule has 0 aliphatic rings. The van der Waals surface area contributed by atoms with E-state index >= 15 is 0 Å². The van der Waals surface area contributed by atoms with Crippen LogP contribution in [-0.2, 0) is 5.75 Å². The Morgan fingerprint density at radius 1 is 1.25 bits per heavy atom. The molecule has 20 heavy (non-hydrogen) atoms. The minimum absolute atomic E-state index is 0.654. The third kappa shape index (κ3) is 3.37. The molecule has 0 radical (unpaired) electrons. The molecule has 0 spiro atoms. The van der Waals surface area contributed by atoms with E-state index in [4.69, 9.17) is 15.2 Å². The second kappa shape index (κ2) is 6.85. The van der Waals surface area contributed by atoms with E-state index in [1.807, 2.05) is 18.2 Å². The van der Waals surface area contributed by atoms with E-state index in [0.29, 0.717) is 17.3 Å². The SMILES string of the molecule is COc1ccnc(CSc2cc(Br)ccc2N)c1OC. The third-order valence-corrected chi connectivity index (χ3v) is 4.28. The Morgan fingerprint density at radius 2 is 2.05 bits per heavy atom. The predicted molar refractivity (Wildman–Crippen MR) is 85.5 cm³/mol. The summed E-state index contributed by atoms with van der Waals surface area (Å²) >= 11 is 5.05. The van der Waals surface area contributed by atoms with Crippen molar-refractivity contribution >= 4 is 33.4 Å². The summed E-state index contributed by atoms with van der Waals surface area (Å²) in [5.74, 6) is 2.00. The molecule has 0 amide bonds. The molecule has 0 saturated carbocycles. The Morgan fingerprint density at radius 3 is 2.75 bits per heavy atom. The van der Waals surface area contributed by atoms with Gasteiger partial charge in [0.25, 0.3) is 0 Å². The molecule has 0 unspecified atom stereocenters. The van der Waals surface area contributed by atoms with Crippen molar-refractivity contribution < 1.29 is 9.47 Å². The Kier molecular flexibility index (Phi) is 5.14. The molecule has 2 rings (SSSR count). The van der Waals surface area contributed by atoms with Crippen LogP contribution < -0.4 is 15.2 Å². The molecular weight excluding hydrogens is 340 g/mol. The number of benzene rings is 1. The number of aromatic nitrogens is 1. The number of pyridine rings is 1. The van der Waals surface area contributed by atoms with E-state index in [9.17, 15) is 0 Å².